The van der Waals surface area contributed by atoms with E-state index in [0.29, 0.717) is 24.6 Å². The zero-order valence-electron chi connectivity index (χ0n) is 35.1. The topological polar surface area (TPSA) is 107 Å². The molecule has 0 fully saturated rings. The van der Waals surface area contributed by atoms with Crippen molar-refractivity contribution in [2.45, 2.75) is 47.8 Å². The molecule has 0 aliphatic carbocycles. The van der Waals surface area contributed by atoms with E-state index in [0.717, 1.165) is 44.3 Å². The molecule has 10 nitrogen and oxygen atoms in total. The summed E-state index contributed by atoms with van der Waals surface area (Å²) in [6, 6.07) is 49.8. The molecule has 9 rings (SSSR count). The molecule has 318 valence electrons. The Labute approximate surface area is 379 Å². The minimum absolute atomic E-state index is 0.301. The molecule has 13 heteroatoms. The maximum atomic E-state index is 11.3. The molecule has 0 saturated heterocycles. The van der Waals surface area contributed by atoms with Crippen molar-refractivity contribution in [1.82, 2.24) is 19.3 Å². The van der Waals surface area contributed by atoms with Crippen molar-refractivity contribution in [3.63, 3.8) is 0 Å². The molecular weight excluding hydrogens is 841 g/mol. The van der Waals surface area contributed by atoms with Crippen molar-refractivity contribution in [3.8, 4) is 0 Å². The predicted octanol–water partition coefficient (Wildman–Crippen LogP) is 10.8. The highest BCUT2D eigenvalue weighted by Crippen LogP contribution is 2.33. The third-order valence-electron chi connectivity index (χ3n) is 11.0. The number of hydrazone groups is 2. The van der Waals surface area contributed by atoms with Crippen LogP contribution >= 0.6 is 34.9 Å². The predicted molar refractivity (Wildman–Crippen MR) is 266 cm³/mol. The normalized spacial score (nSPS) is 13.0. The van der Waals surface area contributed by atoms with E-state index in [1.54, 1.807) is 0 Å². The van der Waals surface area contributed by atoms with Gasteiger partial charge in [0.05, 0.1) is 49.1 Å². The van der Waals surface area contributed by atoms with Gasteiger partial charge in [0, 0.05) is 68.2 Å². The molecule has 3 heterocycles. The van der Waals surface area contributed by atoms with E-state index < -0.39 is 12.2 Å². The number of anilines is 2. The van der Waals surface area contributed by atoms with Crippen LogP contribution in [0.15, 0.2) is 164 Å². The van der Waals surface area contributed by atoms with Crippen molar-refractivity contribution in [1.29, 1.82) is 0 Å². The standard InChI is InChI=1S/C50H48N8O2S3/c1-3-55-45-21-13-11-19-41(45)43-27-35(23-25-47(43)55)29-51-57(37-15-7-5-8-16-37)31-39(59)33-61-49-53-54-50(63-49)62-34-40(60)32-58(38-17-9-6-10-18-38)52-30-36-24-26-48-44(28-36)42-20-12-14-22-46(42)56(48)4-2/h5-30,39-40,59-60H,3-4,31-34H2,1-2H3/b51-29+,52-30+. The quantitative estimate of drug-likeness (QED) is 0.0498. The number of hydrogen-bond donors (Lipinski definition) is 2. The molecule has 0 radical (unpaired) electrons. The third kappa shape index (κ3) is 9.53. The van der Waals surface area contributed by atoms with Crippen LogP contribution in [-0.2, 0) is 13.1 Å². The molecular formula is C50H48N8O2S3. The van der Waals surface area contributed by atoms with Crippen molar-refractivity contribution in [2.24, 2.45) is 10.2 Å². The number of aromatic nitrogens is 4. The number of aryl methyl sites for hydroxylation is 2. The maximum Gasteiger partial charge on any atom is 0.175 e. The van der Waals surface area contributed by atoms with Gasteiger partial charge in [-0.25, -0.2) is 0 Å². The summed E-state index contributed by atoms with van der Waals surface area (Å²) < 4.78 is 6.20. The number of fused-ring (bicyclic) bond motifs is 6. The van der Waals surface area contributed by atoms with Crippen LogP contribution in [0.25, 0.3) is 43.6 Å². The molecule has 0 saturated carbocycles. The fourth-order valence-electron chi connectivity index (χ4n) is 8.05. The van der Waals surface area contributed by atoms with Crippen molar-refractivity contribution >= 4 is 102 Å². The second-order valence-corrected chi connectivity index (χ2v) is 18.7. The van der Waals surface area contributed by atoms with Gasteiger partial charge in [-0.15, -0.1) is 10.2 Å². The summed E-state index contributed by atoms with van der Waals surface area (Å²) >= 11 is 4.40. The Bertz CT molecular complexity index is 2820. The summed E-state index contributed by atoms with van der Waals surface area (Å²) in [5, 5.41) is 49.6. The van der Waals surface area contributed by atoms with Crippen molar-refractivity contribution < 1.29 is 10.2 Å². The zero-order chi connectivity index (χ0) is 43.1. The Balaban J connectivity index is 0.814. The Morgan fingerprint density at radius 1 is 0.540 bits per heavy atom. The van der Waals surface area contributed by atoms with E-state index >= 15 is 0 Å². The van der Waals surface area contributed by atoms with E-state index in [1.807, 2.05) is 83.1 Å². The van der Waals surface area contributed by atoms with Crippen molar-refractivity contribution in [3.05, 3.63) is 157 Å². The first-order valence-electron chi connectivity index (χ1n) is 21.2. The van der Waals surface area contributed by atoms with Crippen LogP contribution in [0.4, 0.5) is 11.4 Å². The van der Waals surface area contributed by atoms with Crippen LogP contribution in [0.1, 0.15) is 25.0 Å². The number of rotatable bonds is 18. The number of aliphatic hydroxyl groups is 2. The maximum absolute atomic E-state index is 11.3. The Kier molecular flexibility index (Phi) is 13.2. The van der Waals surface area contributed by atoms with E-state index in [2.05, 4.69) is 118 Å². The first-order chi connectivity index (χ1) is 30.9. The molecule has 9 aromatic rings. The van der Waals surface area contributed by atoms with Crippen LogP contribution in [0.3, 0.4) is 0 Å². The first-order valence-corrected chi connectivity index (χ1v) is 23.9. The van der Waals surface area contributed by atoms with Crippen LogP contribution < -0.4 is 10.0 Å². The van der Waals surface area contributed by atoms with Crippen molar-refractivity contribution in [2.75, 3.05) is 34.6 Å². The van der Waals surface area contributed by atoms with Gasteiger partial charge in [-0.05, 0) is 85.6 Å². The SMILES string of the molecule is CCn1c2ccccc2c2cc(/C=N/N(CC(O)CSc3nnc(SCC(O)CN(/N=C/c4ccc5c(c4)c4ccccc4n5CC)c4ccccc4)s3)c3ccccc3)ccc21. The van der Waals surface area contributed by atoms with Gasteiger partial charge in [0.1, 0.15) is 0 Å². The van der Waals surface area contributed by atoms with Gasteiger partial charge in [0.15, 0.2) is 8.68 Å². The number of nitrogens with zero attached hydrogens (tertiary/aromatic N) is 8. The van der Waals surface area contributed by atoms with Gasteiger partial charge >= 0.3 is 0 Å². The zero-order valence-corrected chi connectivity index (χ0v) is 37.6. The van der Waals surface area contributed by atoms with E-state index in [4.69, 9.17) is 10.2 Å². The average molecular weight is 889 g/mol. The summed E-state index contributed by atoms with van der Waals surface area (Å²) in [6.45, 7) is 6.74. The average Bonchev–Trinajstić information content (AvgIpc) is 4.02. The fraction of sp³-hybridized carbons (Fsp3) is 0.200. The number of hydrogen-bond acceptors (Lipinski definition) is 11. The lowest BCUT2D eigenvalue weighted by atomic mass is 10.1. The molecule has 2 atom stereocenters. The second kappa shape index (κ2) is 19.6. The van der Waals surface area contributed by atoms with E-state index in [9.17, 15) is 10.2 Å². The number of benzene rings is 6. The first kappa shape index (κ1) is 42.3. The van der Waals surface area contributed by atoms with Gasteiger partial charge in [0.25, 0.3) is 0 Å². The Morgan fingerprint density at radius 2 is 0.937 bits per heavy atom. The smallest absolute Gasteiger partial charge is 0.175 e. The summed E-state index contributed by atoms with van der Waals surface area (Å²) in [7, 11) is 0. The summed E-state index contributed by atoms with van der Waals surface area (Å²) in [6.07, 6.45) is 2.35. The minimum atomic E-state index is -0.692. The molecule has 2 unspecified atom stereocenters. The largest absolute Gasteiger partial charge is 0.390 e. The summed E-state index contributed by atoms with van der Waals surface area (Å²) in [5.41, 5.74) is 8.62. The van der Waals surface area contributed by atoms with Crippen LogP contribution in [0, 0.1) is 0 Å². The molecule has 0 spiro atoms. The van der Waals surface area contributed by atoms with Crippen LogP contribution in [0.2, 0.25) is 0 Å². The fourth-order valence-corrected chi connectivity index (χ4v) is 11.0. The van der Waals surface area contributed by atoms with Gasteiger partial charge in [-0.1, -0.05) is 120 Å². The molecule has 0 bridgehead atoms. The van der Waals surface area contributed by atoms with Gasteiger partial charge in [0.2, 0.25) is 0 Å². The lowest BCUT2D eigenvalue weighted by molar-refractivity contribution is 0.204. The monoisotopic (exact) mass is 888 g/mol. The summed E-state index contributed by atoms with van der Waals surface area (Å²) in [5.74, 6) is 0.835. The molecule has 3 aromatic heterocycles. The molecule has 0 aliphatic rings. The van der Waals surface area contributed by atoms with Gasteiger partial charge in [-0.2, -0.15) is 10.2 Å². The lowest BCUT2D eigenvalue weighted by Crippen LogP contribution is -2.30. The van der Waals surface area contributed by atoms with Crippen LogP contribution in [-0.4, -0.2) is 78.8 Å². The summed E-state index contributed by atoms with van der Waals surface area (Å²) in [4.78, 5) is 0. The minimum Gasteiger partial charge on any atom is -0.390 e. The van der Waals surface area contributed by atoms with Gasteiger partial charge < -0.3 is 19.3 Å². The molecule has 0 aliphatic heterocycles. The Hall–Kier alpha value is -5.96. The number of aliphatic hydroxyl groups excluding tert-OH is 2. The van der Waals surface area contributed by atoms with Crippen LogP contribution in [0.5, 0.6) is 0 Å². The van der Waals surface area contributed by atoms with E-state index in [1.165, 1.54) is 78.5 Å². The highest BCUT2D eigenvalue weighted by molar-refractivity contribution is 8.03. The number of para-hydroxylation sites is 4. The van der Waals surface area contributed by atoms with E-state index in [-0.39, 0.29) is 0 Å². The second-order valence-electron chi connectivity index (χ2n) is 15.2. The molecule has 6 aromatic carbocycles. The molecule has 2 N–H and O–H groups in total. The third-order valence-corrected chi connectivity index (χ3v) is 14.5. The molecule has 63 heavy (non-hydrogen) atoms. The lowest BCUT2D eigenvalue weighted by Gasteiger charge is -2.22. The number of thioether (sulfide) groups is 2. The highest BCUT2D eigenvalue weighted by atomic mass is 32.2. The highest BCUT2D eigenvalue weighted by Gasteiger charge is 2.18. The van der Waals surface area contributed by atoms with Gasteiger partial charge in [-0.3, -0.25) is 10.0 Å². The molecule has 0 amide bonds. The Morgan fingerprint density at radius 3 is 1.37 bits per heavy atom.